The van der Waals surface area contributed by atoms with Crippen LogP contribution in [0.2, 0.25) is 0 Å². The number of ether oxygens (including phenoxy) is 1. The first-order valence-corrected chi connectivity index (χ1v) is 7.68. The number of nitrogens with zero attached hydrogens (tertiary/aromatic N) is 2. The van der Waals surface area contributed by atoms with Crippen molar-refractivity contribution in [3.63, 3.8) is 0 Å². The van der Waals surface area contributed by atoms with Gasteiger partial charge in [-0.1, -0.05) is 37.3 Å². The van der Waals surface area contributed by atoms with Crippen LogP contribution in [0.4, 0.5) is 4.79 Å². The molecule has 0 aromatic heterocycles. The average Bonchev–Trinajstić information content (AvgIpc) is 2.89. The molecule has 2 rings (SSSR count). The van der Waals surface area contributed by atoms with Crippen molar-refractivity contribution in [1.82, 2.24) is 5.01 Å². The number of hydrazone groups is 1. The number of carboxylic acid groups (broad SMARTS) is 1. The number of amides is 1. The van der Waals surface area contributed by atoms with E-state index in [0.29, 0.717) is 10.8 Å². The smallest absolute Gasteiger partial charge is 0.450 e. The zero-order valence-corrected chi connectivity index (χ0v) is 12.9. The highest BCUT2D eigenvalue weighted by atomic mass is 32.2. The minimum Gasteiger partial charge on any atom is -0.450 e. The van der Waals surface area contributed by atoms with Crippen molar-refractivity contribution in [3.05, 3.63) is 35.9 Å². The third kappa shape index (κ3) is 3.70. The largest absolute Gasteiger partial charge is 0.508 e. The van der Waals surface area contributed by atoms with Crippen molar-refractivity contribution in [2.75, 3.05) is 5.75 Å². The third-order valence-corrected chi connectivity index (χ3v) is 4.34. The van der Waals surface area contributed by atoms with Crippen LogP contribution in [0.15, 0.2) is 35.4 Å². The maximum Gasteiger partial charge on any atom is 0.508 e. The van der Waals surface area contributed by atoms with Gasteiger partial charge in [0.25, 0.3) is 5.56 Å². The van der Waals surface area contributed by atoms with Crippen molar-refractivity contribution in [1.29, 1.82) is 0 Å². The molecule has 1 aromatic carbocycles. The van der Waals surface area contributed by atoms with Crippen LogP contribution in [0.1, 0.15) is 12.5 Å². The van der Waals surface area contributed by atoms with Crippen LogP contribution in [-0.4, -0.2) is 38.5 Å². The molecule has 0 spiro atoms. The van der Waals surface area contributed by atoms with Crippen LogP contribution >= 0.6 is 24.4 Å². The zero-order chi connectivity index (χ0) is 15.4. The lowest BCUT2D eigenvalue weighted by molar-refractivity contribution is -0.139. The van der Waals surface area contributed by atoms with Crippen molar-refractivity contribution in [2.45, 2.75) is 12.5 Å². The summed E-state index contributed by atoms with van der Waals surface area (Å²) in [7, 11) is 0. The monoisotopic (exact) mass is 326 g/mol. The van der Waals surface area contributed by atoms with E-state index in [9.17, 15) is 9.59 Å². The molecule has 1 heterocycles. The number of thiol groups is 1. The normalized spacial score (nSPS) is 19.0. The molecule has 112 valence electrons. The van der Waals surface area contributed by atoms with Crippen molar-refractivity contribution in [2.24, 2.45) is 11.0 Å². The van der Waals surface area contributed by atoms with Gasteiger partial charge >= 0.3 is 6.16 Å². The SMILES string of the molecule is C[C@H](CS)C(=O)N1N=C(c2ccccc2)S[C@@H]1OC(=O)O. The fourth-order valence-corrected chi connectivity index (χ4v) is 2.77. The summed E-state index contributed by atoms with van der Waals surface area (Å²) in [5.74, 6) is -0.363. The van der Waals surface area contributed by atoms with Gasteiger partial charge in [0.15, 0.2) is 0 Å². The lowest BCUT2D eigenvalue weighted by atomic mass is 10.2. The Morgan fingerprint density at radius 1 is 1.48 bits per heavy atom. The number of rotatable bonds is 4. The van der Waals surface area contributed by atoms with Gasteiger partial charge in [0.05, 0.1) is 0 Å². The molecule has 0 fully saturated rings. The van der Waals surface area contributed by atoms with Gasteiger partial charge in [-0.2, -0.15) is 22.7 Å². The second kappa shape index (κ2) is 6.86. The first-order valence-electron chi connectivity index (χ1n) is 6.17. The molecule has 21 heavy (non-hydrogen) atoms. The summed E-state index contributed by atoms with van der Waals surface area (Å²) < 4.78 is 4.74. The Kier molecular flexibility index (Phi) is 5.13. The second-order valence-corrected chi connectivity index (χ2v) is 5.74. The molecule has 6 nitrogen and oxygen atoms in total. The van der Waals surface area contributed by atoms with Crippen LogP contribution in [-0.2, 0) is 9.53 Å². The van der Waals surface area contributed by atoms with E-state index in [-0.39, 0.29) is 11.8 Å². The van der Waals surface area contributed by atoms with Gasteiger partial charge in [0.2, 0.25) is 5.91 Å². The highest BCUT2D eigenvalue weighted by Gasteiger charge is 2.37. The number of thioether (sulfide) groups is 1. The van der Waals surface area contributed by atoms with Gasteiger partial charge in [0, 0.05) is 17.2 Å². The van der Waals surface area contributed by atoms with E-state index in [2.05, 4.69) is 17.7 Å². The van der Waals surface area contributed by atoms with E-state index in [1.165, 1.54) is 0 Å². The van der Waals surface area contributed by atoms with Crippen LogP contribution < -0.4 is 0 Å². The topological polar surface area (TPSA) is 79.2 Å². The molecule has 0 bridgehead atoms. The Bertz CT molecular complexity index is 565. The Morgan fingerprint density at radius 3 is 2.71 bits per heavy atom. The van der Waals surface area contributed by atoms with Gasteiger partial charge < -0.3 is 9.84 Å². The fourth-order valence-electron chi connectivity index (χ4n) is 1.64. The molecular weight excluding hydrogens is 312 g/mol. The predicted octanol–water partition coefficient (Wildman–Crippen LogP) is 2.47. The number of hydrogen-bond donors (Lipinski definition) is 2. The molecule has 2 atom stereocenters. The summed E-state index contributed by atoms with van der Waals surface area (Å²) in [6.07, 6.45) is -1.45. The van der Waals surface area contributed by atoms with Crippen LogP contribution in [0.5, 0.6) is 0 Å². The highest BCUT2D eigenvalue weighted by Crippen LogP contribution is 2.31. The van der Waals surface area contributed by atoms with E-state index in [1.807, 2.05) is 30.3 Å². The third-order valence-electron chi connectivity index (χ3n) is 2.75. The quantitative estimate of drug-likeness (QED) is 0.656. The number of carbonyl (C=O) groups is 2. The standard InChI is InChI=1S/C13H14N2O4S2/c1-8(7-20)11(16)15-12(19-13(17)18)21-10(14-15)9-5-3-2-4-6-9/h2-6,8,12,20H,7H2,1H3,(H,17,18)/t8-,12+/m1/s1. The predicted molar refractivity (Wildman–Crippen MR) is 83.3 cm³/mol. The second-order valence-electron chi connectivity index (χ2n) is 4.35. The van der Waals surface area contributed by atoms with Crippen LogP contribution in [0.25, 0.3) is 0 Å². The lowest BCUT2D eigenvalue weighted by Gasteiger charge is -2.21. The summed E-state index contributed by atoms with van der Waals surface area (Å²) in [6.45, 7) is 1.70. The van der Waals surface area contributed by atoms with Gasteiger partial charge in [-0.25, -0.2) is 4.79 Å². The number of carbonyl (C=O) groups excluding carboxylic acids is 1. The first kappa shape index (κ1) is 15.7. The molecule has 1 amide bonds. The van der Waals surface area contributed by atoms with Gasteiger partial charge in [-0.3, -0.25) is 4.79 Å². The molecule has 8 heteroatoms. The van der Waals surface area contributed by atoms with Crippen LogP contribution in [0, 0.1) is 5.92 Å². The lowest BCUT2D eigenvalue weighted by Crippen LogP contribution is -2.38. The minimum absolute atomic E-state index is 0.324. The van der Waals surface area contributed by atoms with Crippen molar-refractivity contribution in [3.8, 4) is 0 Å². The molecule has 0 saturated heterocycles. The molecule has 0 aliphatic carbocycles. The number of hydrogen-bond acceptors (Lipinski definition) is 6. The minimum atomic E-state index is -1.45. The Morgan fingerprint density at radius 2 is 2.14 bits per heavy atom. The Labute approximate surface area is 131 Å². The number of benzene rings is 1. The summed E-state index contributed by atoms with van der Waals surface area (Å²) in [6, 6.07) is 9.21. The first-order chi connectivity index (χ1) is 10.0. The summed E-state index contributed by atoms with van der Waals surface area (Å²) >= 11 is 5.16. The molecular formula is C13H14N2O4S2. The maximum atomic E-state index is 12.2. The molecule has 1 aliphatic heterocycles. The summed E-state index contributed by atoms with van der Waals surface area (Å²) in [4.78, 5) is 23.0. The van der Waals surface area contributed by atoms with E-state index >= 15 is 0 Å². The maximum absolute atomic E-state index is 12.2. The average molecular weight is 326 g/mol. The summed E-state index contributed by atoms with van der Waals surface area (Å²) in [5.41, 5.74) is -0.206. The van der Waals surface area contributed by atoms with Crippen LogP contribution in [0.3, 0.4) is 0 Å². The molecule has 0 unspecified atom stereocenters. The Balaban J connectivity index is 2.26. The van der Waals surface area contributed by atoms with Gasteiger partial charge in [0.1, 0.15) is 5.04 Å². The van der Waals surface area contributed by atoms with E-state index in [4.69, 9.17) is 9.84 Å². The Hall–Kier alpha value is -1.67. The molecule has 0 saturated carbocycles. The van der Waals surface area contributed by atoms with E-state index in [0.717, 1.165) is 22.3 Å². The fraction of sp³-hybridized carbons (Fsp3) is 0.308. The zero-order valence-electron chi connectivity index (χ0n) is 11.2. The summed E-state index contributed by atoms with van der Waals surface area (Å²) in [5, 5.41) is 14.6. The van der Waals surface area contributed by atoms with Gasteiger partial charge in [-0.15, -0.1) is 0 Å². The molecule has 0 radical (unpaired) electrons. The molecule has 1 aromatic rings. The van der Waals surface area contributed by atoms with Crippen molar-refractivity contribution < 1.29 is 19.4 Å². The van der Waals surface area contributed by atoms with Crippen molar-refractivity contribution >= 4 is 41.5 Å². The highest BCUT2D eigenvalue weighted by molar-refractivity contribution is 8.15. The van der Waals surface area contributed by atoms with Gasteiger partial charge in [-0.05, 0) is 11.8 Å². The van der Waals surface area contributed by atoms with E-state index < -0.39 is 11.7 Å². The molecule has 1 N–H and O–H groups in total. The molecule has 1 aliphatic rings. The van der Waals surface area contributed by atoms with E-state index in [1.54, 1.807) is 6.92 Å².